The van der Waals surface area contributed by atoms with Gasteiger partial charge in [0.1, 0.15) is 7.85 Å². The van der Waals surface area contributed by atoms with Crippen molar-refractivity contribution in [2.24, 2.45) is 5.73 Å². The monoisotopic (exact) mass is 184 g/mol. The molecule has 3 heteroatoms. The minimum absolute atomic E-state index is 0.669. The second-order valence-corrected chi connectivity index (χ2v) is 3.54. The Labute approximate surface area is 84.9 Å². The number of fused-ring (bicyclic) bond motifs is 1. The van der Waals surface area contributed by atoms with E-state index in [1.54, 1.807) is 0 Å². The zero-order valence-corrected chi connectivity index (χ0v) is 8.30. The quantitative estimate of drug-likeness (QED) is 0.665. The highest BCUT2D eigenvalue weighted by atomic mass is 14.7. The number of nitrogens with two attached hydrogens (primary N) is 1. The lowest BCUT2D eigenvalue weighted by molar-refractivity contribution is 0.963. The van der Waals surface area contributed by atoms with Crippen LogP contribution in [0.15, 0.2) is 18.2 Å². The summed E-state index contributed by atoms with van der Waals surface area (Å²) in [6.07, 6.45) is 0.898. The molecule has 0 aliphatic rings. The molecule has 2 radical (unpaired) electrons. The number of aromatic nitrogens is 1. The van der Waals surface area contributed by atoms with E-state index in [1.165, 1.54) is 16.6 Å². The largest absolute Gasteiger partial charge is 0.359 e. The van der Waals surface area contributed by atoms with Gasteiger partial charge in [-0.15, -0.1) is 0 Å². The van der Waals surface area contributed by atoms with Crippen LogP contribution >= 0.6 is 0 Å². The van der Waals surface area contributed by atoms with E-state index >= 15 is 0 Å². The fraction of sp³-hybridized carbons (Fsp3) is 0.273. The maximum atomic E-state index is 5.87. The highest BCUT2D eigenvalue weighted by Crippen LogP contribution is 2.20. The zero-order chi connectivity index (χ0) is 10.1. The van der Waals surface area contributed by atoms with Crippen molar-refractivity contribution in [2.45, 2.75) is 13.3 Å². The normalized spacial score (nSPS) is 11.0. The summed E-state index contributed by atoms with van der Waals surface area (Å²) in [7, 11) is 5.87. The smallest absolute Gasteiger partial charge is 0.116 e. The van der Waals surface area contributed by atoms with Gasteiger partial charge in [0.05, 0.1) is 0 Å². The Hall–Kier alpha value is -1.22. The van der Waals surface area contributed by atoms with Crippen LogP contribution in [0, 0.1) is 6.92 Å². The molecule has 2 rings (SSSR count). The lowest BCUT2D eigenvalue weighted by Gasteiger charge is -1.98. The summed E-state index contributed by atoms with van der Waals surface area (Å²) in [5.41, 5.74) is 9.86. The van der Waals surface area contributed by atoms with Crippen molar-refractivity contribution in [3.8, 4) is 0 Å². The van der Waals surface area contributed by atoms with Crippen LogP contribution < -0.4 is 11.2 Å². The number of para-hydroxylation sites is 1. The van der Waals surface area contributed by atoms with Crippen molar-refractivity contribution >= 4 is 24.2 Å². The topological polar surface area (TPSA) is 41.8 Å². The highest BCUT2D eigenvalue weighted by Gasteiger charge is 2.07. The first-order valence-corrected chi connectivity index (χ1v) is 4.79. The fourth-order valence-electron chi connectivity index (χ4n) is 1.89. The second kappa shape index (κ2) is 3.50. The number of aryl methyl sites for hydroxylation is 1. The van der Waals surface area contributed by atoms with Crippen LogP contribution in [-0.2, 0) is 6.42 Å². The van der Waals surface area contributed by atoms with E-state index in [-0.39, 0.29) is 0 Å². The zero-order valence-electron chi connectivity index (χ0n) is 8.30. The molecule has 3 N–H and O–H groups in total. The van der Waals surface area contributed by atoms with Gasteiger partial charge < -0.3 is 10.7 Å². The fourth-order valence-corrected chi connectivity index (χ4v) is 1.89. The average Bonchev–Trinajstić information content (AvgIpc) is 2.47. The summed E-state index contributed by atoms with van der Waals surface area (Å²) in [5, 5.41) is 1.20. The van der Waals surface area contributed by atoms with Crippen LogP contribution in [0.1, 0.15) is 11.3 Å². The molecule has 0 atom stereocenters. The third-order valence-electron chi connectivity index (χ3n) is 2.58. The summed E-state index contributed by atoms with van der Waals surface area (Å²) >= 11 is 0. The molecule has 0 fully saturated rings. The molecule has 0 bridgehead atoms. The van der Waals surface area contributed by atoms with E-state index < -0.39 is 0 Å². The molecule has 0 amide bonds. The predicted molar refractivity (Wildman–Crippen MR) is 61.2 cm³/mol. The summed E-state index contributed by atoms with van der Waals surface area (Å²) in [4.78, 5) is 3.30. The van der Waals surface area contributed by atoms with E-state index in [9.17, 15) is 0 Å². The number of aromatic amines is 1. The van der Waals surface area contributed by atoms with E-state index in [1.807, 2.05) is 12.1 Å². The Bertz CT molecular complexity index is 460. The molecular weight excluding hydrogens is 171 g/mol. The molecule has 14 heavy (non-hydrogen) atoms. The number of rotatable bonds is 2. The van der Waals surface area contributed by atoms with Crippen LogP contribution in [0.2, 0.25) is 0 Å². The molecule has 0 saturated carbocycles. The van der Waals surface area contributed by atoms with Crippen molar-refractivity contribution in [2.75, 3.05) is 6.54 Å². The Morgan fingerprint density at radius 2 is 2.21 bits per heavy atom. The minimum Gasteiger partial charge on any atom is -0.359 e. The van der Waals surface area contributed by atoms with E-state index in [4.69, 9.17) is 13.6 Å². The summed E-state index contributed by atoms with van der Waals surface area (Å²) < 4.78 is 0. The number of hydrogen-bond acceptors (Lipinski definition) is 1. The number of benzene rings is 1. The SMILES string of the molecule is [B]c1cccc2c(CCN)c(C)[nH]c12. The molecular formula is C11H13BN2. The predicted octanol–water partition coefficient (Wildman–Crippen LogP) is 0.771. The number of H-pyrrole nitrogens is 1. The van der Waals surface area contributed by atoms with Gasteiger partial charge in [0, 0.05) is 16.6 Å². The van der Waals surface area contributed by atoms with Gasteiger partial charge in [0.15, 0.2) is 0 Å². The Kier molecular flexibility index (Phi) is 2.34. The lowest BCUT2D eigenvalue weighted by atomic mass is 9.93. The van der Waals surface area contributed by atoms with E-state index in [2.05, 4.69) is 18.0 Å². The molecule has 1 aromatic heterocycles. The van der Waals surface area contributed by atoms with Gasteiger partial charge in [-0.1, -0.05) is 23.7 Å². The van der Waals surface area contributed by atoms with E-state index in [0.717, 1.165) is 17.4 Å². The molecule has 1 aromatic carbocycles. The van der Waals surface area contributed by atoms with Gasteiger partial charge in [-0.25, -0.2) is 0 Å². The molecule has 0 aliphatic heterocycles. The van der Waals surface area contributed by atoms with Crippen molar-refractivity contribution < 1.29 is 0 Å². The van der Waals surface area contributed by atoms with Gasteiger partial charge in [-0.3, -0.25) is 0 Å². The Morgan fingerprint density at radius 3 is 2.93 bits per heavy atom. The lowest BCUT2D eigenvalue weighted by Crippen LogP contribution is -2.04. The van der Waals surface area contributed by atoms with E-state index in [0.29, 0.717) is 6.54 Å². The van der Waals surface area contributed by atoms with Crippen LogP contribution in [0.4, 0.5) is 0 Å². The summed E-state index contributed by atoms with van der Waals surface area (Å²) in [6, 6.07) is 5.97. The molecule has 0 aliphatic carbocycles. The molecule has 2 nitrogen and oxygen atoms in total. The number of hydrogen-bond donors (Lipinski definition) is 2. The van der Waals surface area contributed by atoms with Gasteiger partial charge in [0.2, 0.25) is 0 Å². The van der Waals surface area contributed by atoms with Crippen LogP contribution in [0.3, 0.4) is 0 Å². The number of nitrogens with one attached hydrogen (secondary N) is 1. The molecule has 70 valence electrons. The van der Waals surface area contributed by atoms with Crippen molar-refractivity contribution in [1.29, 1.82) is 0 Å². The molecule has 1 heterocycles. The maximum absolute atomic E-state index is 5.87. The first kappa shape index (κ1) is 9.34. The van der Waals surface area contributed by atoms with Crippen molar-refractivity contribution in [1.82, 2.24) is 4.98 Å². The Balaban J connectivity index is 2.70. The molecule has 0 unspecified atom stereocenters. The molecule has 2 aromatic rings. The summed E-state index contributed by atoms with van der Waals surface area (Å²) in [5.74, 6) is 0. The average molecular weight is 184 g/mol. The maximum Gasteiger partial charge on any atom is 0.116 e. The molecule has 0 spiro atoms. The van der Waals surface area contributed by atoms with Gasteiger partial charge in [-0.05, 0) is 25.5 Å². The van der Waals surface area contributed by atoms with Crippen LogP contribution in [0.5, 0.6) is 0 Å². The first-order valence-electron chi connectivity index (χ1n) is 4.79. The molecule has 0 saturated heterocycles. The van der Waals surface area contributed by atoms with Crippen LogP contribution in [0.25, 0.3) is 10.9 Å². The van der Waals surface area contributed by atoms with Gasteiger partial charge in [0.25, 0.3) is 0 Å². The van der Waals surface area contributed by atoms with Gasteiger partial charge in [-0.2, -0.15) is 0 Å². The first-order chi connectivity index (χ1) is 6.74. The second-order valence-electron chi connectivity index (χ2n) is 3.54. The van der Waals surface area contributed by atoms with Gasteiger partial charge >= 0.3 is 0 Å². The Morgan fingerprint density at radius 1 is 1.43 bits per heavy atom. The third-order valence-corrected chi connectivity index (χ3v) is 2.58. The standard InChI is InChI=1S/C11H13BN2/c1-7-8(5-6-13)9-3-2-4-10(12)11(9)14-7/h2-4,14H,5-6,13H2,1H3. The van der Waals surface area contributed by atoms with Crippen molar-refractivity contribution in [3.63, 3.8) is 0 Å². The van der Waals surface area contributed by atoms with Crippen molar-refractivity contribution in [3.05, 3.63) is 29.5 Å². The minimum atomic E-state index is 0.669. The van der Waals surface area contributed by atoms with Crippen LogP contribution in [-0.4, -0.2) is 19.4 Å². The third kappa shape index (κ3) is 1.34. The highest BCUT2D eigenvalue weighted by molar-refractivity contribution is 6.38. The summed E-state index contributed by atoms with van der Waals surface area (Å²) in [6.45, 7) is 2.73.